The molecule has 2 nitrogen and oxygen atoms in total. The van der Waals surface area contributed by atoms with E-state index in [4.69, 9.17) is 5.11 Å². The predicted octanol–water partition coefficient (Wildman–Crippen LogP) is 2.90. The molecule has 0 bridgehead atoms. The maximum Gasteiger partial charge on any atom is 0.345 e. The molecule has 1 rings (SSSR count). The van der Waals surface area contributed by atoms with Crippen LogP contribution in [0.1, 0.15) is 9.67 Å². The minimum Gasteiger partial charge on any atom is -0.477 e. The third-order valence-electron chi connectivity index (χ3n) is 1.34. The minimum absolute atomic E-state index is 0.423. The molecule has 1 N–H and O–H groups in total. The molecule has 0 aromatic carbocycles. The Morgan fingerprint density at radius 1 is 1.62 bits per heavy atom. The van der Waals surface area contributed by atoms with Crippen LogP contribution < -0.4 is 0 Å². The van der Waals surface area contributed by atoms with E-state index >= 15 is 0 Å². The van der Waals surface area contributed by atoms with Gasteiger partial charge in [-0.05, 0) is 12.3 Å². The summed E-state index contributed by atoms with van der Waals surface area (Å²) in [5.41, 5.74) is 0. The van der Waals surface area contributed by atoms with Crippen molar-refractivity contribution < 1.29 is 9.90 Å². The molecule has 1 aromatic rings. The number of carbonyl (C=O) groups is 1. The largest absolute Gasteiger partial charge is 0.477 e. The molecule has 13 heavy (non-hydrogen) atoms. The van der Waals surface area contributed by atoms with Gasteiger partial charge in [0.05, 0.1) is 0 Å². The number of hydrogen-bond acceptors (Lipinski definition) is 4. The first-order chi connectivity index (χ1) is 6.24. The number of hydrogen-bond donors (Lipinski definition) is 1. The number of rotatable bonds is 5. The van der Waals surface area contributed by atoms with Gasteiger partial charge in [-0.25, -0.2) is 4.79 Å². The van der Waals surface area contributed by atoms with Crippen molar-refractivity contribution in [2.45, 2.75) is 4.90 Å². The molecular formula is C8H10O2S3. The SMILES string of the molecule is CSCCSc1csc(C(=O)O)c1. The lowest BCUT2D eigenvalue weighted by molar-refractivity contribution is 0.0702. The molecular weight excluding hydrogens is 224 g/mol. The summed E-state index contributed by atoms with van der Waals surface area (Å²) in [6.07, 6.45) is 2.07. The zero-order chi connectivity index (χ0) is 9.68. The molecule has 0 aliphatic heterocycles. The highest BCUT2D eigenvalue weighted by Crippen LogP contribution is 2.25. The van der Waals surface area contributed by atoms with Crippen LogP contribution in [0.4, 0.5) is 0 Å². The molecule has 0 fully saturated rings. The Morgan fingerprint density at radius 2 is 2.38 bits per heavy atom. The van der Waals surface area contributed by atoms with Crippen LogP contribution in [-0.4, -0.2) is 28.8 Å². The molecule has 1 aromatic heterocycles. The Hall–Kier alpha value is -0.130. The van der Waals surface area contributed by atoms with Crippen molar-refractivity contribution in [1.82, 2.24) is 0 Å². The van der Waals surface area contributed by atoms with Crippen molar-refractivity contribution in [3.8, 4) is 0 Å². The molecule has 1 heterocycles. The fourth-order valence-corrected chi connectivity index (χ4v) is 3.28. The lowest BCUT2D eigenvalue weighted by atomic mass is 10.5. The third kappa shape index (κ3) is 3.62. The van der Waals surface area contributed by atoms with Crippen molar-refractivity contribution >= 4 is 40.8 Å². The van der Waals surface area contributed by atoms with Gasteiger partial charge in [0.2, 0.25) is 0 Å². The summed E-state index contributed by atoms with van der Waals surface area (Å²) in [5.74, 6) is 1.31. The molecule has 0 atom stereocenters. The van der Waals surface area contributed by atoms with E-state index in [0.29, 0.717) is 4.88 Å². The van der Waals surface area contributed by atoms with Crippen molar-refractivity contribution in [2.75, 3.05) is 17.8 Å². The Morgan fingerprint density at radius 3 is 2.92 bits per heavy atom. The summed E-state index contributed by atoms with van der Waals surface area (Å²) in [6.45, 7) is 0. The Bertz CT molecular complexity index is 283. The van der Waals surface area contributed by atoms with E-state index in [1.807, 2.05) is 5.38 Å². The second kappa shape index (κ2) is 5.57. The van der Waals surface area contributed by atoms with E-state index in [9.17, 15) is 4.79 Å². The van der Waals surface area contributed by atoms with Gasteiger partial charge in [0.15, 0.2) is 0 Å². The number of carboxylic acids is 1. The van der Waals surface area contributed by atoms with Crippen LogP contribution in [0.2, 0.25) is 0 Å². The van der Waals surface area contributed by atoms with Crippen molar-refractivity contribution in [3.63, 3.8) is 0 Å². The van der Waals surface area contributed by atoms with E-state index in [1.165, 1.54) is 11.3 Å². The quantitative estimate of drug-likeness (QED) is 0.628. The van der Waals surface area contributed by atoms with Gasteiger partial charge in [-0.3, -0.25) is 0 Å². The van der Waals surface area contributed by atoms with Gasteiger partial charge in [-0.1, -0.05) is 0 Å². The van der Waals surface area contributed by atoms with Crippen LogP contribution in [-0.2, 0) is 0 Å². The molecule has 72 valence electrons. The van der Waals surface area contributed by atoms with Gasteiger partial charge in [-0.2, -0.15) is 11.8 Å². The topological polar surface area (TPSA) is 37.3 Å². The Kier molecular flexibility index (Phi) is 4.69. The number of carboxylic acid groups (broad SMARTS) is 1. The Balaban J connectivity index is 2.44. The third-order valence-corrected chi connectivity index (χ3v) is 4.26. The van der Waals surface area contributed by atoms with Gasteiger partial charge in [0.1, 0.15) is 4.88 Å². The van der Waals surface area contributed by atoms with Gasteiger partial charge in [-0.15, -0.1) is 23.1 Å². The summed E-state index contributed by atoms with van der Waals surface area (Å²) >= 11 is 4.80. The highest BCUT2D eigenvalue weighted by Gasteiger charge is 2.06. The monoisotopic (exact) mass is 234 g/mol. The zero-order valence-corrected chi connectivity index (χ0v) is 9.60. The highest BCUT2D eigenvalue weighted by molar-refractivity contribution is 8.02. The van der Waals surface area contributed by atoms with E-state index in [1.54, 1.807) is 29.6 Å². The first kappa shape index (κ1) is 10.9. The normalized spacial score (nSPS) is 10.2. The van der Waals surface area contributed by atoms with Gasteiger partial charge < -0.3 is 5.11 Å². The van der Waals surface area contributed by atoms with Crippen LogP contribution in [0.15, 0.2) is 16.3 Å². The minimum atomic E-state index is -0.832. The lowest BCUT2D eigenvalue weighted by Crippen LogP contribution is -1.89. The molecule has 0 saturated heterocycles. The predicted molar refractivity (Wildman–Crippen MR) is 60.4 cm³/mol. The van der Waals surface area contributed by atoms with Crippen molar-refractivity contribution in [3.05, 3.63) is 16.3 Å². The van der Waals surface area contributed by atoms with Crippen LogP contribution >= 0.6 is 34.9 Å². The van der Waals surface area contributed by atoms with E-state index in [2.05, 4.69) is 6.26 Å². The molecule has 0 aliphatic rings. The van der Waals surface area contributed by atoms with Gasteiger partial charge in [0, 0.05) is 21.8 Å². The molecule has 0 spiro atoms. The van der Waals surface area contributed by atoms with Crippen LogP contribution in [0, 0.1) is 0 Å². The molecule has 0 aliphatic carbocycles. The fraction of sp³-hybridized carbons (Fsp3) is 0.375. The maximum absolute atomic E-state index is 10.5. The number of aromatic carboxylic acids is 1. The van der Waals surface area contributed by atoms with Crippen LogP contribution in [0.3, 0.4) is 0 Å². The standard InChI is InChI=1S/C8H10O2S3/c1-11-2-3-12-6-4-7(8(9)10)13-5-6/h4-5H,2-3H2,1H3,(H,9,10). The summed E-state index contributed by atoms with van der Waals surface area (Å²) < 4.78 is 0. The van der Waals surface area contributed by atoms with E-state index < -0.39 is 5.97 Å². The smallest absolute Gasteiger partial charge is 0.345 e. The van der Waals surface area contributed by atoms with Crippen LogP contribution in [0.25, 0.3) is 0 Å². The summed E-state index contributed by atoms with van der Waals surface area (Å²) in [4.78, 5) is 12.0. The summed E-state index contributed by atoms with van der Waals surface area (Å²) in [5, 5.41) is 10.6. The number of thioether (sulfide) groups is 2. The lowest BCUT2D eigenvalue weighted by Gasteiger charge is -1.94. The van der Waals surface area contributed by atoms with Gasteiger partial charge >= 0.3 is 5.97 Å². The zero-order valence-electron chi connectivity index (χ0n) is 7.15. The molecule has 5 heteroatoms. The average Bonchev–Trinajstić information content (AvgIpc) is 2.53. The maximum atomic E-state index is 10.5. The first-order valence-electron chi connectivity index (χ1n) is 3.67. The first-order valence-corrected chi connectivity index (χ1v) is 6.93. The summed E-state index contributed by atoms with van der Waals surface area (Å²) in [6, 6.07) is 1.73. The van der Waals surface area contributed by atoms with Gasteiger partial charge in [0.25, 0.3) is 0 Å². The molecule has 0 amide bonds. The summed E-state index contributed by atoms with van der Waals surface area (Å²) in [7, 11) is 0. The molecule has 0 unspecified atom stereocenters. The van der Waals surface area contributed by atoms with Crippen molar-refractivity contribution in [1.29, 1.82) is 0 Å². The molecule has 0 saturated carbocycles. The van der Waals surface area contributed by atoms with Crippen LogP contribution in [0.5, 0.6) is 0 Å². The second-order valence-electron chi connectivity index (χ2n) is 2.29. The van der Waals surface area contributed by atoms with E-state index in [0.717, 1.165) is 16.4 Å². The second-order valence-corrected chi connectivity index (χ2v) is 5.36. The highest BCUT2D eigenvalue weighted by atomic mass is 32.2. The Labute approximate surface area is 89.7 Å². The average molecular weight is 234 g/mol. The number of thiophene rings is 1. The van der Waals surface area contributed by atoms with Crippen molar-refractivity contribution in [2.24, 2.45) is 0 Å². The molecule has 0 radical (unpaired) electrons. The van der Waals surface area contributed by atoms with E-state index in [-0.39, 0.29) is 0 Å². The fourth-order valence-electron chi connectivity index (χ4n) is 0.749.